The fourth-order valence-corrected chi connectivity index (χ4v) is 2.39. The Morgan fingerprint density at radius 2 is 2.24 bits per heavy atom. The molecule has 1 aliphatic rings. The average Bonchev–Trinajstić information content (AvgIpc) is 2.38. The third kappa shape index (κ3) is 3.20. The maximum atomic E-state index is 5.38. The van der Waals surface area contributed by atoms with Crippen molar-refractivity contribution in [2.75, 3.05) is 33.3 Å². The van der Waals surface area contributed by atoms with E-state index in [1.165, 1.54) is 5.56 Å². The molecular weight excluding hydrogens is 212 g/mol. The molecule has 1 N–H and O–H groups in total. The number of methoxy groups -OCH3 is 1. The molecule has 2 rings (SSSR count). The molecule has 0 amide bonds. The van der Waals surface area contributed by atoms with Crippen LogP contribution in [0.4, 0.5) is 0 Å². The molecule has 1 unspecified atom stereocenters. The van der Waals surface area contributed by atoms with Crippen LogP contribution in [0.2, 0.25) is 0 Å². The Labute approximate surface area is 104 Å². The fraction of sp³-hybridized carbons (Fsp3) is 0.571. The number of benzene rings is 1. The predicted octanol–water partition coefficient (Wildman–Crippen LogP) is 1.53. The van der Waals surface area contributed by atoms with Gasteiger partial charge in [0.05, 0.1) is 7.11 Å². The molecule has 1 aromatic carbocycles. The standard InChI is InChI=1S/C14H22N2O/c1-12-11-15-8-10-16(12)9-7-13-5-3-4-6-14(13)17-2/h3-6,12,15H,7-11H2,1-2H3. The number of ether oxygens (including phenoxy) is 1. The van der Waals surface area contributed by atoms with Gasteiger partial charge < -0.3 is 10.1 Å². The Morgan fingerprint density at radius 1 is 1.41 bits per heavy atom. The normalized spacial score (nSPS) is 21.4. The van der Waals surface area contributed by atoms with Crippen molar-refractivity contribution in [3.8, 4) is 5.75 Å². The van der Waals surface area contributed by atoms with Gasteiger partial charge in [-0.3, -0.25) is 4.90 Å². The number of rotatable bonds is 4. The molecule has 94 valence electrons. The van der Waals surface area contributed by atoms with Crippen molar-refractivity contribution < 1.29 is 4.74 Å². The fourth-order valence-electron chi connectivity index (χ4n) is 2.39. The highest BCUT2D eigenvalue weighted by molar-refractivity contribution is 5.33. The summed E-state index contributed by atoms with van der Waals surface area (Å²) in [6.45, 7) is 6.76. The highest BCUT2D eigenvalue weighted by atomic mass is 16.5. The largest absolute Gasteiger partial charge is 0.496 e. The van der Waals surface area contributed by atoms with Crippen LogP contribution in [0.3, 0.4) is 0 Å². The van der Waals surface area contributed by atoms with E-state index < -0.39 is 0 Å². The van der Waals surface area contributed by atoms with Crippen LogP contribution in [0.25, 0.3) is 0 Å². The molecule has 0 saturated carbocycles. The summed E-state index contributed by atoms with van der Waals surface area (Å²) in [5, 5.41) is 3.42. The van der Waals surface area contributed by atoms with Crippen LogP contribution in [-0.4, -0.2) is 44.2 Å². The van der Waals surface area contributed by atoms with Crippen molar-refractivity contribution in [3.63, 3.8) is 0 Å². The maximum Gasteiger partial charge on any atom is 0.122 e. The van der Waals surface area contributed by atoms with Gasteiger partial charge in [-0.2, -0.15) is 0 Å². The second-order valence-electron chi connectivity index (χ2n) is 4.65. The molecule has 0 aromatic heterocycles. The molecule has 0 bridgehead atoms. The van der Waals surface area contributed by atoms with Gasteiger partial charge in [0.25, 0.3) is 0 Å². The van der Waals surface area contributed by atoms with E-state index in [2.05, 4.69) is 29.3 Å². The van der Waals surface area contributed by atoms with Crippen LogP contribution in [0.15, 0.2) is 24.3 Å². The van der Waals surface area contributed by atoms with Gasteiger partial charge in [0, 0.05) is 32.2 Å². The summed E-state index contributed by atoms with van der Waals surface area (Å²) in [5.41, 5.74) is 1.31. The summed E-state index contributed by atoms with van der Waals surface area (Å²) >= 11 is 0. The van der Waals surface area contributed by atoms with Gasteiger partial charge in [-0.15, -0.1) is 0 Å². The van der Waals surface area contributed by atoms with E-state index in [-0.39, 0.29) is 0 Å². The van der Waals surface area contributed by atoms with Crippen molar-refractivity contribution in [2.45, 2.75) is 19.4 Å². The van der Waals surface area contributed by atoms with Gasteiger partial charge in [0.15, 0.2) is 0 Å². The monoisotopic (exact) mass is 234 g/mol. The minimum Gasteiger partial charge on any atom is -0.496 e. The molecule has 17 heavy (non-hydrogen) atoms. The van der Waals surface area contributed by atoms with Gasteiger partial charge in [-0.25, -0.2) is 0 Å². The zero-order chi connectivity index (χ0) is 12.1. The number of hydrogen-bond acceptors (Lipinski definition) is 3. The zero-order valence-corrected chi connectivity index (χ0v) is 10.8. The molecule has 1 saturated heterocycles. The molecular formula is C14H22N2O. The number of hydrogen-bond donors (Lipinski definition) is 1. The Kier molecular flexibility index (Phi) is 4.40. The van der Waals surface area contributed by atoms with Crippen LogP contribution in [0.5, 0.6) is 5.75 Å². The van der Waals surface area contributed by atoms with Crippen molar-refractivity contribution in [1.82, 2.24) is 10.2 Å². The van der Waals surface area contributed by atoms with Gasteiger partial charge in [-0.05, 0) is 25.0 Å². The average molecular weight is 234 g/mol. The molecule has 0 aliphatic carbocycles. The lowest BCUT2D eigenvalue weighted by Gasteiger charge is -2.33. The van der Waals surface area contributed by atoms with E-state index in [0.29, 0.717) is 6.04 Å². The summed E-state index contributed by atoms with van der Waals surface area (Å²) in [7, 11) is 1.74. The molecule has 3 heteroatoms. The van der Waals surface area contributed by atoms with E-state index in [1.807, 2.05) is 12.1 Å². The summed E-state index contributed by atoms with van der Waals surface area (Å²) in [6.07, 6.45) is 1.06. The third-order valence-corrected chi connectivity index (χ3v) is 3.50. The van der Waals surface area contributed by atoms with Crippen molar-refractivity contribution in [3.05, 3.63) is 29.8 Å². The number of piperazine rings is 1. The lowest BCUT2D eigenvalue weighted by atomic mass is 10.1. The molecule has 1 aromatic rings. The summed E-state index contributed by atoms with van der Waals surface area (Å²) in [6, 6.07) is 8.94. The Balaban J connectivity index is 1.92. The third-order valence-electron chi connectivity index (χ3n) is 3.50. The van der Waals surface area contributed by atoms with Gasteiger partial charge >= 0.3 is 0 Å². The van der Waals surface area contributed by atoms with E-state index in [4.69, 9.17) is 4.74 Å². The first kappa shape index (κ1) is 12.4. The first-order valence-corrected chi connectivity index (χ1v) is 6.38. The molecule has 1 heterocycles. The van der Waals surface area contributed by atoms with E-state index in [9.17, 15) is 0 Å². The second-order valence-corrected chi connectivity index (χ2v) is 4.65. The van der Waals surface area contributed by atoms with Crippen LogP contribution >= 0.6 is 0 Å². The number of para-hydroxylation sites is 1. The Morgan fingerprint density at radius 3 is 3.00 bits per heavy atom. The van der Waals surface area contributed by atoms with Crippen LogP contribution in [0.1, 0.15) is 12.5 Å². The van der Waals surface area contributed by atoms with Crippen molar-refractivity contribution in [1.29, 1.82) is 0 Å². The van der Waals surface area contributed by atoms with E-state index in [1.54, 1.807) is 7.11 Å². The van der Waals surface area contributed by atoms with Gasteiger partial charge in [0.2, 0.25) is 0 Å². The Hall–Kier alpha value is -1.06. The summed E-state index contributed by atoms with van der Waals surface area (Å²) in [4.78, 5) is 2.54. The molecule has 1 aliphatic heterocycles. The SMILES string of the molecule is COc1ccccc1CCN1CCNCC1C. The van der Waals surface area contributed by atoms with Gasteiger partial charge in [-0.1, -0.05) is 18.2 Å². The first-order chi connectivity index (χ1) is 8.31. The zero-order valence-electron chi connectivity index (χ0n) is 10.8. The quantitative estimate of drug-likeness (QED) is 0.855. The van der Waals surface area contributed by atoms with Crippen molar-refractivity contribution in [2.24, 2.45) is 0 Å². The van der Waals surface area contributed by atoms with Gasteiger partial charge in [0.1, 0.15) is 5.75 Å². The van der Waals surface area contributed by atoms with E-state index in [0.717, 1.165) is 38.3 Å². The lowest BCUT2D eigenvalue weighted by Crippen LogP contribution is -2.50. The lowest BCUT2D eigenvalue weighted by molar-refractivity contribution is 0.175. The molecule has 0 spiro atoms. The van der Waals surface area contributed by atoms with Crippen LogP contribution in [0, 0.1) is 0 Å². The minimum atomic E-state index is 0.637. The molecule has 0 radical (unpaired) electrons. The van der Waals surface area contributed by atoms with Crippen LogP contribution in [-0.2, 0) is 6.42 Å². The molecule has 1 atom stereocenters. The summed E-state index contributed by atoms with van der Waals surface area (Å²) < 4.78 is 5.38. The second kappa shape index (κ2) is 6.03. The number of nitrogens with zero attached hydrogens (tertiary/aromatic N) is 1. The van der Waals surface area contributed by atoms with E-state index >= 15 is 0 Å². The first-order valence-electron chi connectivity index (χ1n) is 6.38. The van der Waals surface area contributed by atoms with Crippen molar-refractivity contribution >= 4 is 0 Å². The predicted molar refractivity (Wildman–Crippen MR) is 70.6 cm³/mol. The Bertz CT molecular complexity index is 354. The minimum absolute atomic E-state index is 0.637. The number of nitrogens with one attached hydrogen (secondary N) is 1. The van der Waals surface area contributed by atoms with Crippen LogP contribution < -0.4 is 10.1 Å². The highest BCUT2D eigenvalue weighted by Gasteiger charge is 2.17. The molecule has 3 nitrogen and oxygen atoms in total. The topological polar surface area (TPSA) is 24.5 Å². The molecule has 1 fully saturated rings. The smallest absolute Gasteiger partial charge is 0.122 e. The summed E-state index contributed by atoms with van der Waals surface area (Å²) in [5.74, 6) is 1.01. The highest BCUT2D eigenvalue weighted by Crippen LogP contribution is 2.18. The maximum absolute atomic E-state index is 5.38.